The lowest BCUT2D eigenvalue weighted by atomic mass is 9.85. The maximum absolute atomic E-state index is 14.0. The van der Waals surface area contributed by atoms with E-state index in [0.717, 1.165) is 35.3 Å². The summed E-state index contributed by atoms with van der Waals surface area (Å²) in [6.07, 6.45) is 4.09. The summed E-state index contributed by atoms with van der Waals surface area (Å²) in [7, 11) is 0. The van der Waals surface area contributed by atoms with Crippen LogP contribution >= 0.6 is 23.8 Å². The van der Waals surface area contributed by atoms with Gasteiger partial charge in [-0.1, -0.05) is 63.6 Å². The highest BCUT2D eigenvalue weighted by Crippen LogP contribution is 2.38. The van der Waals surface area contributed by atoms with Gasteiger partial charge in [-0.3, -0.25) is 24.1 Å². The minimum Gasteiger partial charge on any atom is -0.494 e. The number of oxazole rings is 1. The predicted octanol–water partition coefficient (Wildman–Crippen LogP) is 7.76. The summed E-state index contributed by atoms with van der Waals surface area (Å²) in [5.74, 6) is 0.362. The number of amides is 4. The minimum absolute atomic E-state index is 0.117. The number of likely N-dealkylation sites (tertiary alicyclic amines) is 1. The molecule has 3 atom stereocenters. The molecule has 356 valence electrons. The summed E-state index contributed by atoms with van der Waals surface area (Å²) >= 11 is 12.0. The monoisotopic (exact) mass is 953 g/mol. The van der Waals surface area contributed by atoms with Gasteiger partial charge in [-0.05, 0) is 118 Å². The van der Waals surface area contributed by atoms with Gasteiger partial charge in [0.25, 0.3) is 5.91 Å². The summed E-state index contributed by atoms with van der Waals surface area (Å²) in [6, 6.07) is 20.4. The Hall–Kier alpha value is -5.86. The van der Waals surface area contributed by atoms with Gasteiger partial charge in [0.05, 0.1) is 28.6 Å². The minimum atomic E-state index is -0.963. The third-order valence-corrected chi connectivity index (χ3v) is 12.5. The second-order valence-corrected chi connectivity index (χ2v) is 19.3. The van der Waals surface area contributed by atoms with Gasteiger partial charge in [0, 0.05) is 44.2 Å². The van der Waals surface area contributed by atoms with E-state index >= 15 is 0 Å². The molecule has 67 heavy (non-hydrogen) atoms. The number of nitrogens with zero attached hydrogens (tertiary/aromatic N) is 5. The molecule has 0 saturated carbocycles. The second-order valence-electron chi connectivity index (χ2n) is 18.6. The zero-order valence-corrected chi connectivity index (χ0v) is 40.8. The van der Waals surface area contributed by atoms with Crippen LogP contribution in [0.3, 0.4) is 0 Å². The SMILES string of the molecule is Cc1ncoc1-c1ccc(CNC(=O)[C@@H]2C[C@@H](C)CN2C(=O)[C@@H](NC(=O)COCCCOCCCCOc2ccc(N3C(=S)N(c4ccc(C#N)c(Cl)c4)C(=O)C3(C)C)cc2)C(C)(C)C)cc1. The molecule has 6 rings (SSSR count). The van der Waals surface area contributed by atoms with Gasteiger partial charge in [-0.15, -0.1) is 0 Å². The standard InChI is InChI=1S/C50H60ClN7O8S/c1-32-25-41(45(60)53-28-34-11-13-35(14-12-34)43-33(2)54-31-66-43)56(29-32)46(61)44(49(3,4)5)55-42(59)30-64-23-10-22-63-21-8-9-24-65-39-19-17-37(18-20-39)58-48(67)57(47(62)50(58,6)7)38-16-15-36(27-52)40(51)26-38/h11-20,26,31-32,41,44H,8-10,21-25,28-30H2,1-7H3,(H,53,60)(H,55,59)/t32-,41+,44-/m1/s1. The highest BCUT2D eigenvalue weighted by atomic mass is 35.5. The van der Waals surface area contributed by atoms with Crippen molar-refractivity contribution in [2.24, 2.45) is 11.3 Å². The van der Waals surface area contributed by atoms with Crippen molar-refractivity contribution in [2.75, 3.05) is 49.4 Å². The van der Waals surface area contributed by atoms with Crippen molar-refractivity contribution in [3.05, 3.63) is 95.0 Å². The number of aryl methyl sites for hydroxylation is 1. The summed E-state index contributed by atoms with van der Waals surface area (Å²) in [5.41, 5.74) is 2.56. The molecule has 3 aromatic carbocycles. The molecule has 2 aliphatic rings. The van der Waals surface area contributed by atoms with Crippen LogP contribution in [0.15, 0.2) is 77.5 Å². The molecule has 0 spiro atoms. The smallest absolute Gasteiger partial charge is 0.259 e. The molecule has 1 aromatic heterocycles. The maximum Gasteiger partial charge on any atom is 0.259 e. The molecule has 4 aromatic rings. The van der Waals surface area contributed by atoms with Gasteiger partial charge in [0.15, 0.2) is 17.3 Å². The van der Waals surface area contributed by atoms with Crippen LogP contribution in [0.5, 0.6) is 5.75 Å². The third kappa shape index (κ3) is 12.4. The number of halogens is 1. The normalized spacial score (nSPS) is 17.4. The van der Waals surface area contributed by atoms with Crippen LogP contribution in [0.25, 0.3) is 11.3 Å². The van der Waals surface area contributed by atoms with E-state index in [1.807, 2.05) is 103 Å². The molecule has 2 N–H and O–H groups in total. The van der Waals surface area contributed by atoms with Crippen molar-refractivity contribution in [2.45, 2.75) is 98.3 Å². The van der Waals surface area contributed by atoms with E-state index in [1.165, 1.54) is 11.3 Å². The highest BCUT2D eigenvalue weighted by Gasteiger charge is 2.50. The van der Waals surface area contributed by atoms with Gasteiger partial charge in [-0.25, -0.2) is 4.98 Å². The first-order valence-electron chi connectivity index (χ1n) is 22.5. The Morgan fingerprint density at radius 2 is 1.66 bits per heavy atom. The van der Waals surface area contributed by atoms with Crippen molar-refractivity contribution in [3.63, 3.8) is 0 Å². The van der Waals surface area contributed by atoms with Crippen molar-refractivity contribution in [1.29, 1.82) is 5.26 Å². The molecule has 2 aliphatic heterocycles. The summed E-state index contributed by atoms with van der Waals surface area (Å²) in [5, 5.41) is 15.7. The quantitative estimate of drug-likeness (QED) is 0.0651. The zero-order chi connectivity index (χ0) is 48.5. The van der Waals surface area contributed by atoms with Crippen LogP contribution in [0.1, 0.15) is 84.0 Å². The lowest BCUT2D eigenvalue weighted by Gasteiger charge is -2.35. The van der Waals surface area contributed by atoms with E-state index in [9.17, 15) is 24.4 Å². The average Bonchev–Trinajstić information content (AvgIpc) is 3.96. The number of hydrogen-bond donors (Lipinski definition) is 2. The van der Waals surface area contributed by atoms with Crippen molar-refractivity contribution < 1.29 is 37.8 Å². The molecule has 0 bridgehead atoms. The fourth-order valence-electron chi connectivity index (χ4n) is 8.12. The molecule has 0 aliphatic carbocycles. The number of ether oxygens (including phenoxy) is 3. The lowest BCUT2D eigenvalue weighted by molar-refractivity contribution is -0.144. The number of nitriles is 1. The van der Waals surface area contributed by atoms with E-state index < -0.39 is 28.9 Å². The molecule has 0 radical (unpaired) electrons. The number of benzene rings is 3. The Morgan fingerprint density at radius 3 is 2.31 bits per heavy atom. The first-order chi connectivity index (χ1) is 31.9. The number of hydrogen-bond acceptors (Lipinski definition) is 11. The Morgan fingerprint density at radius 1 is 0.985 bits per heavy atom. The Labute approximate surface area is 403 Å². The van der Waals surface area contributed by atoms with E-state index in [-0.39, 0.29) is 35.3 Å². The molecule has 2 saturated heterocycles. The van der Waals surface area contributed by atoms with Crippen LogP contribution in [0.2, 0.25) is 5.02 Å². The van der Waals surface area contributed by atoms with E-state index in [1.54, 1.807) is 28.0 Å². The maximum atomic E-state index is 14.0. The van der Waals surface area contributed by atoms with Crippen LogP contribution in [0, 0.1) is 29.6 Å². The average molecular weight is 955 g/mol. The third-order valence-electron chi connectivity index (χ3n) is 11.8. The Balaban J connectivity index is 0.856. The number of carbonyl (C=O) groups excluding carboxylic acids is 4. The zero-order valence-electron chi connectivity index (χ0n) is 39.2. The molecule has 15 nitrogen and oxygen atoms in total. The Kier molecular flexibility index (Phi) is 16.8. The van der Waals surface area contributed by atoms with E-state index in [2.05, 4.69) is 15.6 Å². The Bertz CT molecular complexity index is 2450. The van der Waals surface area contributed by atoms with Crippen LogP contribution < -0.4 is 25.2 Å². The van der Waals surface area contributed by atoms with E-state index in [0.29, 0.717) is 80.2 Å². The van der Waals surface area contributed by atoms with Crippen LogP contribution in [0.4, 0.5) is 11.4 Å². The number of unbranched alkanes of at least 4 members (excludes halogenated alkanes) is 1. The summed E-state index contributed by atoms with van der Waals surface area (Å²) < 4.78 is 22.8. The number of carbonyl (C=O) groups is 4. The van der Waals surface area contributed by atoms with Gasteiger partial charge in [0.2, 0.25) is 17.7 Å². The summed E-state index contributed by atoms with van der Waals surface area (Å²) in [6.45, 7) is 15.5. The lowest BCUT2D eigenvalue weighted by Crippen LogP contribution is -2.58. The van der Waals surface area contributed by atoms with Gasteiger partial charge >= 0.3 is 0 Å². The fourth-order valence-corrected chi connectivity index (χ4v) is 8.86. The second kappa shape index (κ2) is 22.3. The first kappa shape index (κ1) is 50.6. The number of anilines is 2. The molecule has 0 unspecified atom stereocenters. The molecular formula is C50H60ClN7O8S. The van der Waals surface area contributed by atoms with Crippen molar-refractivity contribution in [1.82, 2.24) is 20.5 Å². The van der Waals surface area contributed by atoms with E-state index in [4.69, 9.17) is 42.4 Å². The number of aromatic nitrogens is 1. The fraction of sp³-hybridized carbons (Fsp3) is 0.460. The van der Waals surface area contributed by atoms with Crippen molar-refractivity contribution in [3.8, 4) is 23.1 Å². The van der Waals surface area contributed by atoms with Crippen LogP contribution in [-0.2, 0) is 35.2 Å². The number of thiocarbonyl (C=S) groups is 1. The van der Waals surface area contributed by atoms with Crippen molar-refractivity contribution >= 4 is 63.9 Å². The molecule has 4 amide bonds. The molecule has 2 fully saturated rings. The van der Waals surface area contributed by atoms with Gasteiger partial charge in [-0.2, -0.15) is 5.26 Å². The molecular weight excluding hydrogens is 894 g/mol. The highest BCUT2D eigenvalue weighted by molar-refractivity contribution is 7.81. The predicted molar refractivity (Wildman–Crippen MR) is 259 cm³/mol. The van der Waals surface area contributed by atoms with Crippen LogP contribution in [-0.4, -0.2) is 95.8 Å². The number of nitrogens with one attached hydrogen (secondary N) is 2. The number of rotatable bonds is 20. The topological polar surface area (TPSA) is 180 Å². The summed E-state index contributed by atoms with van der Waals surface area (Å²) in [4.78, 5) is 63.1. The van der Waals surface area contributed by atoms with Gasteiger partial charge in [0.1, 0.15) is 36.0 Å². The molecule has 3 heterocycles. The van der Waals surface area contributed by atoms with Gasteiger partial charge < -0.3 is 39.1 Å². The molecule has 17 heteroatoms. The largest absolute Gasteiger partial charge is 0.494 e. The first-order valence-corrected chi connectivity index (χ1v) is 23.3.